The standard InChI is InChI=1S/C12H13F2NO2/c1-6-4-9(14)10(5-8(6)13)15-11(12(16)17)7-2-3-7/h4-5,7,11,15H,2-3H2,1H3,(H,16,17). The number of hydrogen-bond acceptors (Lipinski definition) is 2. The highest BCUT2D eigenvalue weighted by atomic mass is 19.1. The molecule has 0 amide bonds. The van der Waals surface area contributed by atoms with Crippen LogP contribution < -0.4 is 5.32 Å². The number of aryl methyl sites for hydroxylation is 1. The number of halogens is 2. The van der Waals surface area contributed by atoms with Gasteiger partial charge in [-0.05, 0) is 37.3 Å². The second kappa shape index (κ2) is 4.31. The van der Waals surface area contributed by atoms with Crippen molar-refractivity contribution in [2.24, 2.45) is 5.92 Å². The summed E-state index contributed by atoms with van der Waals surface area (Å²) < 4.78 is 26.8. The van der Waals surface area contributed by atoms with E-state index in [9.17, 15) is 13.6 Å². The zero-order chi connectivity index (χ0) is 12.6. The molecule has 1 atom stereocenters. The van der Waals surface area contributed by atoms with E-state index in [1.54, 1.807) is 0 Å². The third-order valence-corrected chi connectivity index (χ3v) is 2.92. The number of hydrogen-bond donors (Lipinski definition) is 2. The Hall–Kier alpha value is -1.65. The third kappa shape index (κ3) is 2.54. The molecule has 5 heteroatoms. The first-order chi connectivity index (χ1) is 7.99. The average molecular weight is 241 g/mol. The van der Waals surface area contributed by atoms with Crippen molar-refractivity contribution in [2.75, 3.05) is 5.32 Å². The Kier molecular flexibility index (Phi) is 3.00. The smallest absolute Gasteiger partial charge is 0.326 e. The van der Waals surface area contributed by atoms with Crippen molar-refractivity contribution in [3.8, 4) is 0 Å². The van der Waals surface area contributed by atoms with Gasteiger partial charge in [-0.15, -0.1) is 0 Å². The minimum atomic E-state index is -1.03. The van der Waals surface area contributed by atoms with Gasteiger partial charge in [-0.3, -0.25) is 0 Å². The number of aliphatic carboxylic acids is 1. The second-order valence-corrected chi connectivity index (χ2v) is 4.38. The first-order valence-electron chi connectivity index (χ1n) is 5.44. The predicted molar refractivity (Wildman–Crippen MR) is 58.9 cm³/mol. The highest BCUT2D eigenvalue weighted by Crippen LogP contribution is 2.35. The number of nitrogens with one attached hydrogen (secondary N) is 1. The fourth-order valence-electron chi connectivity index (χ4n) is 1.74. The van der Waals surface area contributed by atoms with Crippen LogP contribution in [0.2, 0.25) is 0 Å². The van der Waals surface area contributed by atoms with Crippen LogP contribution in [-0.2, 0) is 4.79 Å². The van der Waals surface area contributed by atoms with E-state index >= 15 is 0 Å². The van der Waals surface area contributed by atoms with Gasteiger partial charge in [0.25, 0.3) is 0 Å². The summed E-state index contributed by atoms with van der Waals surface area (Å²) in [5, 5.41) is 11.5. The van der Waals surface area contributed by atoms with Gasteiger partial charge >= 0.3 is 5.97 Å². The van der Waals surface area contributed by atoms with E-state index in [2.05, 4.69) is 5.32 Å². The van der Waals surface area contributed by atoms with Crippen LogP contribution in [0.1, 0.15) is 18.4 Å². The van der Waals surface area contributed by atoms with Crippen molar-refractivity contribution in [2.45, 2.75) is 25.8 Å². The van der Waals surface area contributed by atoms with Gasteiger partial charge in [0.15, 0.2) is 0 Å². The van der Waals surface area contributed by atoms with Crippen molar-refractivity contribution < 1.29 is 18.7 Å². The van der Waals surface area contributed by atoms with Gasteiger partial charge in [-0.1, -0.05) is 0 Å². The van der Waals surface area contributed by atoms with Crippen LogP contribution in [0, 0.1) is 24.5 Å². The van der Waals surface area contributed by atoms with Gasteiger partial charge in [0.2, 0.25) is 0 Å². The lowest BCUT2D eigenvalue weighted by Crippen LogP contribution is -2.31. The Labute approximate surface area is 97.5 Å². The van der Waals surface area contributed by atoms with E-state index in [1.165, 1.54) is 6.92 Å². The summed E-state index contributed by atoms with van der Waals surface area (Å²) in [7, 11) is 0. The molecule has 1 aromatic carbocycles. The quantitative estimate of drug-likeness (QED) is 0.851. The number of carbonyl (C=O) groups is 1. The molecule has 2 N–H and O–H groups in total. The number of benzene rings is 1. The molecule has 0 radical (unpaired) electrons. The topological polar surface area (TPSA) is 49.3 Å². The van der Waals surface area contributed by atoms with Crippen molar-refractivity contribution in [1.29, 1.82) is 0 Å². The number of anilines is 1. The molecule has 0 bridgehead atoms. The van der Waals surface area contributed by atoms with Crippen molar-refractivity contribution in [3.05, 3.63) is 29.3 Å². The van der Waals surface area contributed by atoms with Crippen molar-refractivity contribution in [3.63, 3.8) is 0 Å². The monoisotopic (exact) mass is 241 g/mol. The molecule has 3 nitrogen and oxygen atoms in total. The van der Waals surface area contributed by atoms with Gasteiger partial charge in [0.05, 0.1) is 5.69 Å². The molecule has 2 rings (SSSR count). The van der Waals surface area contributed by atoms with Crippen LogP contribution in [0.4, 0.5) is 14.5 Å². The normalized spacial score (nSPS) is 16.6. The number of carboxylic acid groups (broad SMARTS) is 1. The second-order valence-electron chi connectivity index (χ2n) is 4.38. The third-order valence-electron chi connectivity index (χ3n) is 2.92. The molecule has 0 aliphatic heterocycles. The Morgan fingerprint density at radius 1 is 1.41 bits per heavy atom. The Balaban J connectivity index is 2.22. The lowest BCUT2D eigenvalue weighted by molar-refractivity contribution is -0.138. The maximum absolute atomic E-state index is 13.5. The van der Waals surface area contributed by atoms with E-state index in [1.807, 2.05) is 0 Å². The van der Waals surface area contributed by atoms with Crippen molar-refractivity contribution >= 4 is 11.7 Å². The van der Waals surface area contributed by atoms with Gasteiger partial charge in [-0.25, -0.2) is 13.6 Å². The SMILES string of the molecule is Cc1cc(F)c(NC(C(=O)O)C2CC2)cc1F. The zero-order valence-electron chi connectivity index (χ0n) is 9.34. The zero-order valence-corrected chi connectivity index (χ0v) is 9.34. The molecule has 1 aliphatic rings. The Morgan fingerprint density at radius 2 is 2.06 bits per heavy atom. The molecule has 0 aromatic heterocycles. The van der Waals surface area contributed by atoms with E-state index in [0.29, 0.717) is 0 Å². The number of carboxylic acids is 1. The predicted octanol–water partition coefficient (Wildman–Crippen LogP) is 2.55. The maximum Gasteiger partial charge on any atom is 0.326 e. The first kappa shape index (κ1) is 11.8. The molecule has 1 aromatic rings. The van der Waals surface area contributed by atoms with E-state index < -0.39 is 23.6 Å². The molecule has 0 heterocycles. The van der Waals surface area contributed by atoms with Crippen LogP contribution in [0.5, 0.6) is 0 Å². The minimum absolute atomic E-state index is 0.0104. The molecule has 17 heavy (non-hydrogen) atoms. The summed E-state index contributed by atoms with van der Waals surface area (Å²) in [5.74, 6) is -2.20. The Bertz CT molecular complexity index is 458. The van der Waals surface area contributed by atoms with Crippen LogP contribution in [0.3, 0.4) is 0 Å². The molecule has 1 saturated carbocycles. The fourth-order valence-corrected chi connectivity index (χ4v) is 1.74. The molecule has 1 fully saturated rings. The molecule has 0 spiro atoms. The minimum Gasteiger partial charge on any atom is -0.480 e. The lowest BCUT2D eigenvalue weighted by Gasteiger charge is -2.16. The van der Waals surface area contributed by atoms with Crippen LogP contribution >= 0.6 is 0 Å². The first-order valence-corrected chi connectivity index (χ1v) is 5.44. The Morgan fingerprint density at radius 3 is 2.59 bits per heavy atom. The summed E-state index contributed by atoms with van der Waals surface area (Å²) >= 11 is 0. The van der Waals surface area contributed by atoms with Crippen molar-refractivity contribution in [1.82, 2.24) is 0 Å². The molecule has 1 unspecified atom stereocenters. The summed E-state index contributed by atoms with van der Waals surface area (Å²) in [6.45, 7) is 1.46. The highest BCUT2D eigenvalue weighted by Gasteiger charge is 2.36. The summed E-state index contributed by atoms with van der Waals surface area (Å²) in [4.78, 5) is 11.0. The van der Waals surface area contributed by atoms with Crippen LogP contribution in [-0.4, -0.2) is 17.1 Å². The molecule has 92 valence electrons. The van der Waals surface area contributed by atoms with E-state index in [-0.39, 0.29) is 17.2 Å². The van der Waals surface area contributed by atoms with E-state index in [4.69, 9.17) is 5.11 Å². The number of rotatable bonds is 4. The average Bonchev–Trinajstić information content (AvgIpc) is 3.04. The lowest BCUT2D eigenvalue weighted by atomic mass is 10.1. The maximum atomic E-state index is 13.5. The van der Waals surface area contributed by atoms with Crippen LogP contribution in [0.15, 0.2) is 12.1 Å². The molecule has 0 saturated heterocycles. The summed E-state index contributed by atoms with van der Waals surface area (Å²) in [6.07, 6.45) is 1.61. The summed E-state index contributed by atoms with van der Waals surface area (Å²) in [6, 6.07) is 1.22. The fraction of sp³-hybridized carbons (Fsp3) is 0.417. The van der Waals surface area contributed by atoms with Crippen LogP contribution in [0.25, 0.3) is 0 Å². The summed E-state index contributed by atoms with van der Waals surface area (Å²) in [5.41, 5.74) is 0.110. The largest absolute Gasteiger partial charge is 0.480 e. The van der Waals surface area contributed by atoms with Gasteiger partial charge in [-0.2, -0.15) is 0 Å². The highest BCUT2D eigenvalue weighted by molar-refractivity contribution is 5.78. The van der Waals surface area contributed by atoms with Gasteiger partial charge < -0.3 is 10.4 Å². The molecule has 1 aliphatic carbocycles. The van der Waals surface area contributed by atoms with E-state index in [0.717, 1.165) is 25.0 Å². The van der Waals surface area contributed by atoms with Gasteiger partial charge in [0, 0.05) is 6.07 Å². The molecular weight excluding hydrogens is 228 g/mol. The molecular formula is C12H13F2NO2. The van der Waals surface area contributed by atoms with Gasteiger partial charge in [0.1, 0.15) is 17.7 Å².